The van der Waals surface area contributed by atoms with Crippen LogP contribution in [-0.4, -0.2) is 21.7 Å². The van der Waals surface area contributed by atoms with Crippen molar-refractivity contribution in [3.05, 3.63) is 11.8 Å². The summed E-state index contributed by atoms with van der Waals surface area (Å²) in [7, 11) is 1.86. The van der Waals surface area contributed by atoms with Gasteiger partial charge in [-0.3, -0.25) is 9.48 Å². The van der Waals surface area contributed by atoms with Gasteiger partial charge in [-0.15, -0.1) is 12.4 Å². The lowest BCUT2D eigenvalue weighted by atomic mass is 9.83. The molecule has 0 radical (unpaired) electrons. The fraction of sp³-hybridized carbons (Fsp3) is 0.692. The molecule has 1 aliphatic carbocycles. The predicted octanol–water partition coefficient (Wildman–Crippen LogP) is 2.00. The third kappa shape index (κ3) is 4.21. The van der Waals surface area contributed by atoms with Gasteiger partial charge in [0.25, 0.3) is 0 Å². The zero-order valence-corrected chi connectivity index (χ0v) is 12.4. The maximum atomic E-state index is 11.9. The highest BCUT2D eigenvalue weighted by molar-refractivity contribution is 5.90. The molecule has 1 aromatic rings. The van der Waals surface area contributed by atoms with Gasteiger partial charge in [0.1, 0.15) is 0 Å². The number of nitrogens with one attached hydrogen (secondary N) is 1. The van der Waals surface area contributed by atoms with E-state index in [1.807, 2.05) is 20.0 Å². The van der Waals surface area contributed by atoms with E-state index in [4.69, 9.17) is 5.73 Å². The summed E-state index contributed by atoms with van der Waals surface area (Å²) < 4.78 is 1.75. The lowest BCUT2D eigenvalue weighted by molar-refractivity contribution is -0.117. The molecule has 0 aromatic carbocycles. The van der Waals surface area contributed by atoms with E-state index >= 15 is 0 Å². The third-order valence-electron chi connectivity index (χ3n) is 3.80. The van der Waals surface area contributed by atoms with Gasteiger partial charge in [0.05, 0.1) is 0 Å². The first-order chi connectivity index (χ1) is 8.56. The number of carbonyl (C=O) groups excluding carboxylic acids is 1. The van der Waals surface area contributed by atoms with Crippen molar-refractivity contribution < 1.29 is 4.79 Å². The largest absolute Gasteiger partial charge is 0.327 e. The van der Waals surface area contributed by atoms with Gasteiger partial charge in [0.15, 0.2) is 5.82 Å². The van der Waals surface area contributed by atoms with Gasteiger partial charge in [-0.25, -0.2) is 0 Å². The number of halogens is 1. The van der Waals surface area contributed by atoms with Crippen molar-refractivity contribution in [2.75, 3.05) is 5.32 Å². The van der Waals surface area contributed by atoms with Gasteiger partial charge in [-0.2, -0.15) is 5.10 Å². The van der Waals surface area contributed by atoms with Gasteiger partial charge in [0.2, 0.25) is 5.91 Å². The molecule has 1 aromatic heterocycles. The molecule has 0 bridgehead atoms. The highest BCUT2D eigenvalue weighted by Gasteiger charge is 2.24. The molecular formula is C13H23ClN4O. The van der Waals surface area contributed by atoms with Gasteiger partial charge in [-0.05, 0) is 25.7 Å². The topological polar surface area (TPSA) is 72.9 Å². The number of hydrogen-bond donors (Lipinski definition) is 2. The van der Waals surface area contributed by atoms with E-state index in [0.717, 1.165) is 18.5 Å². The van der Waals surface area contributed by atoms with Crippen molar-refractivity contribution in [2.45, 2.75) is 45.1 Å². The average molecular weight is 287 g/mol. The molecule has 2 rings (SSSR count). The van der Waals surface area contributed by atoms with Crippen LogP contribution in [0, 0.1) is 12.8 Å². The molecule has 1 saturated carbocycles. The summed E-state index contributed by atoms with van der Waals surface area (Å²) in [4.78, 5) is 11.9. The Morgan fingerprint density at radius 2 is 2.21 bits per heavy atom. The average Bonchev–Trinajstić information content (AvgIpc) is 2.61. The van der Waals surface area contributed by atoms with Crippen LogP contribution in [0.4, 0.5) is 5.82 Å². The molecule has 2 unspecified atom stereocenters. The summed E-state index contributed by atoms with van der Waals surface area (Å²) in [5.41, 5.74) is 7.08. The van der Waals surface area contributed by atoms with Crippen LogP contribution in [0.3, 0.4) is 0 Å². The normalized spacial score (nSPS) is 22.7. The van der Waals surface area contributed by atoms with Crippen LogP contribution in [0.25, 0.3) is 0 Å². The Hall–Kier alpha value is -1.07. The smallest absolute Gasteiger partial charge is 0.225 e. The van der Waals surface area contributed by atoms with Crippen molar-refractivity contribution in [3.8, 4) is 0 Å². The maximum Gasteiger partial charge on any atom is 0.225 e. The number of aryl methyl sites for hydroxylation is 2. The van der Waals surface area contributed by atoms with E-state index < -0.39 is 0 Å². The van der Waals surface area contributed by atoms with Gasteiger partial charge in [-0.1, -0.05) is 12.8 Å². The van der Waals surface area contributed by atoms with Gasteiger partial charge in [0, 0.05) is 31.3 Å². The lowest BCUT2D eigenvalue weighted by Crippen LogP contribution is -2.35. The summed E-state index contributed by atoms with van der Waals surface area (Å²) in [5, 5.41) is 7.06. The van der Waals surface area contributed by atoms with Crippen LogP contribution >= 0.6 is 12.4 Å². The molecule has 3 N–H and O–H groups in total. The minimum Gasteiger partial charge on any atom is -0.327 e. The van der Waals surface area contributed by atoms with E-state index in [-0.39, 0.29) is 24.4 Å². The second kappa shape index (κ2) is 6.91. The maximum absolute atomic E-state index is 11.9. The molecule has 108 valence electrons. The Labute approximate surface area is 120 Å². The van der Waals surface area contributed by atoms with E-state index in [9.17, 15) is 4.79 Å². The number of anilines is 1. The third-order valence-corrected chi connectivity index (χ3v) is 3.80. The number of carbonyl (C=O) groups is 1. The second-order valence-corrected chi connectivity index (χ2v) is 5.26. The molecule has 1 heterocycles. The van der Waals surface area contributed by atoms with Gasteiger partial charge < -0.3 is 11.1 Å². The first-order valence-corrected chi connectivity index (χ1v) is 6.62. The summed E-state index contributed by atoms with van der Waals surface area (Å²) in [5.74, 6) is 0.975. The number of aromatic nitrogens is 2. The molecule has 0 spiro atoms. The number of amides is 1. The molecule has 2 atom stereocenters. The van der Waals surface area contributed by atoms with Crippen LogP contribution < -0.4 is 11.1 Å². The highest BCUT2D eigenvalue weighted by Crippen LogP contribution is 2.25. The first-order valence-electron chi connectivity index (χ1n) is 6.62. The fourth-order valence-electron chi connectivity index (χ4n) is 2.54. The Kier molecular flexibility index (Phi) is 5.82. The minimum absolute atomic E-state index is 0. The van der Waals surface area contributed by atoms with Gasteiger partial charge >= 0.3 is 0 Å². The summed E-state index contributed by atoms with van der Waals surface area (Å²) >= 11 is 0. The first kappa shape index (κ1) is 16.0. The molecule has 1 aliphatic rings. The fourth-order valence-corrected chi connectivity index (χ4v) is 2.54. The molecule has 6 heteroatoms. The Balaban J connectivity index is 0.00000180. The second-order valence-electron chi connectivity index (χ2n) is 5.26. The lowest BCUT2D eigenvalue weighted by Gasteiger charge is -2.27. The van der Waals surface area contributed by atoms with Crippen molar-refractivity contribution >= 4 is 24.1 Å². The standard InChI is InChI=1S/C13H22N4O.ClH/c1-9-7-12(16-17(9)2)15-13(18)8-10-5-3-4-6-11(10)14;/h7,10-11H,3-6,8,14H2,1-2H3,(H,15,16,18);1H. The monoisotopic (exact) mass is 286 g/mol. The van der Waals surface area contributed by atoms with Crippen molar-refractivity contribution in [2.24, 2.45) is 18.7 Å². The van der Waals surface area contributed by atoms with Crippen LogP contribution in [0.1, 0.15) is 37.8 Å². The number of nitrogens with two attached hydrogens (primary N) is 1. The Morgan fingerprint density at radius 1 is 1.53 bits per heavy atom. The number of hydrogen-bond acceptors (Lipinski definition) is 3. The molecule has 1 amide bonds. The van der Waals surface area contributed by atoms with Crippen molar-refractivity contribution in [1.82, 2.24) is 9.78 Å². The van der Waals surface area contributed by atoms with E-state index in [2.05, 4.69) is 10.4 Å². The SMILES string of the molecule is Cc1cc(NC(=O)CC2CCCCC2N)nn1C.Cl. The summed E-state index contributed by atoms with van der Waals surface area (Å²) in [6.07, 6.45) is 5.00. The van der Waals surface area contributed by atoms with E-state index in [1.165, 1.54) is 12.8 Å². The zero-order chi connectivity index (χ0) is 13.1. The molecule has 1 fully saturated rings. The highest BCUT2D eigenvalue weighted by atomic mass is 35.5. The zero-order valence-electron chi connectivity index (χ0n) is 11.6. The Morgan fingerprint density at radius 3 is 2.79 bits per heavy atom. The molecule has 5 nitrogen and oxygen atoms in total. The van der Waals surface area contributed by atoms with E-state index in [0.29, 0.717) is 18.2 Å². The predicted molar refractivity (Wildman–Crippen MR) is 78.4 cm³/mol. The molecule has 19 heavy (non-hydrogen) atoms. The van der Waals surface area contributed by atoms with Crippen LogP contribution in [-0.2, 0) is 11.8 Å². The molecule has 0 saturated heterocycles. The Bertz CT molecular complexity index is 413. The molecule has 0 aliphatic heterocycles. The van der Waals surface area contributed by atoms with Crippen LogP contribution in [0.2, 0.25) is 0 Å². The summed E-state index contributed by atoms with van der Waals surface area (Å²) in [6, 6.07) is 2.05. The minimum atomic E-state index is 0. The molecular weight excluding hydrogens is 264 g/mol. The van der Waals surface area contributed by atoms with Crippen molar-refractivity contribution in [3.63, 3.8) is 0 Å². The van der Waals surface area contributed by atoms with E-state index in [1.54, 1.807) is 4.68 Å². The number of rotatable bonds is 3. The van der Waals surface area contributed by atoms with Crippen molar-refractivity contribution in [1.29, 1.82) is 0 Å². The van der Waals surface area contributed by atoms with Crippen LogP contribution in [0.5, 0.6) is 0 Å². The quantitative estimate of drug-likeness (QED) is 0.892. The number of nitrogens with zero attached hydrogens (tertiary/aromatic N) is 2. The van der Waals surface area contributed by atoms with Crippen LogP contribution in [0.15, 0.2) is 6.07 Å². The summed E-state index contributed by atoms with van der Waals surface area (Å²) in [6.45, 7) is 1.96.